The van der Waals surface area contributed by atoms with E-state index in [2.05, 4.69) is 21.2 Å². The summed E-state index contributed by atoms with van der Waals surface area (Å²) >= 11 is 0. The van der Waals surface area contributed by atoms with Gasteiger partial charge in [0.2, 0.25) is 0 Å². The van der Waals surface area contributed by atoms with Crippen LogP contribution in [0.5, 0.6) is 11.5 Å². The second kappa shape index (κ2) is 7.25. The standard InChI is InChI=1S/C20H23N3O3/c1-24-15-3-5-19(25-2)17(11-15)14-8-10-23(12-14)13-16-4-6-20(26-16)18-7-9-21-22-18/h3-7,9,11,14H,8,10,12-13H2,1-2H3,(H,21,22). The van der Waals surface area contributed by atoms with E-state index in [1.165, 1.54) is 5.56 Å². The number of hydrogen-bond donors (Lipinski definition) is 1. The van der Waals surface area contributed by atoms with Gasteiger partial charge in [0.05, 0.1) is 20.8 Å². The summed E-state index contributed by atoms with van der Waals surface area (Å²) in [5, 5.41) is 6.90. The van der Waals surface area contributed by atoms with E-state index in [9.17, 15) is 0 Å². The highest BCUT2D eigenvalue weighted by atomic mass is 16.5. The molecule has 6 heteroatoms. The molecule has 26 heavy (non-hydrogen) atoms. The molecular weight excluding hydrogens is 330 g/mol. The van der Waals surface area contributed by atoms with Gasteiger partial charge in [-0.05, 0) is 49.4 Å². The average molecular weight is 353 g/mol. The van der Waals surface area contributed by atoms with Crippen LogP contribution in [0, 0.1) is 0 Å². The predicted molar refractivity (Wildman–Crippen MR) is 98.5 cm³/mol. The van der Waals surface area contributed by atoms with Crippen molar-refractivity contribution in [3.8, 4) is 23.0 Å². The van der Waals surface area contributed by atoms with Gasteiger partial charge in [0, 0.05) is 24.2 Å². The zero-order valence-electron chi connectivity index (χ0n) is 15.1. The van der Waals surface area contributed by atoms with E-state index in [-0.39, 0.29) is 0 Å². The predicted octanol–water partition coefficient (Wildman–Crippen LogP) is 3.68. The molecule has 1 aliphatic rings. The molecule has 0 amide bonds. The van der Waals surface area contributed by atoms with Gasteiger partial charge in [0.1, 0.15) is 23.0 Å². The van der Waals surface area contributed by atoms with Crippen LogP contribution >= 0.6 is 0 Å². The first kappa shape index (κ1) is 16.7. The Balaban J connectivity index is 1.44. The molecule has 1 atom stereocenters. The normalized spacial score (nSPS) is 17.5. The number of ether oxygens (including phenoxy) is 2. The van der Waals surface area contributed by atoms with E-state index in [0.29, 0.717) is 5.92 Å². The first-order valence-electron chi connectivity index (χ1n) is 8.79. The van der Waals surface area contributed by atoms with Crippen LogP contribution in [0.25, 0.3) is 11.5 Å². The molecule has 1 N–H and O–H groups in total. The third-order valence-corrected chi connectivity index (χ3v) is 4.96. The number of likely N-dealkylation sites (tertiary alicyclic amines) is 1. The van der Waals surface area contributed by atoms with Crippen molar-refractivity contribution in [2.45, 2.75) is 18.9 Å². The summed E-state index contributed by atoms with van der Waals surface area (Å²) in [7, 11) is 3.42. The SMILES string of the molecule is COc1ccc(OC)c(C2CCN(Cc3ccc(-c4ccn[nH]4)o3)C2)c1. The molecule has 136 valence electrons. The number of nitrogens with zero attached hydrogens (tertiary/aromatic N) is 2. The van der Waals surface area contributed by atoms with E-state index in [1.54, 1.807) is 20.4 Å². The number of methoxy groups -OCH3 is 2. The number of hydrogen-bond acceptors (Lipinski definition) is 5. The first-order valence-corrected chi connectivity index (χ1v) is 8.79. The summed E-state index contributed by atoms with van der Waals surface area (Å²) in [5.74, 6) is 4.02. The molecule has 1 unspecified atom stereocenters. The smallest absolute Gasteiger partial charge is 0.152 e. The number of rotatable bonds is 6. The maximum Gasteiger partial charge on any atom is 0.152 e. The van der Waals surface area contributed by atoms with Gasteiger partial charge in [0.25, 0.3) is 0 Å². The zero-order valence-corrected chi connectivity index (χ0v) is 15.1. The minimum absolute atomic E-state index is 0.432. The summed E-state index contributed by atoms with van der Waals surface area (Å²) in [6, 6.07) is 12.0. The Bertz CT molecular complexity index is 857. The molecule has 1 saturated heterocycles. The van der Waals surface area contributed by atoms with Crippen LogP contribution in [0.3, 0.4) is 0 Å². The Labute approximate surface area is 152 Å². The first-order chi connectivity index (χ1) is 12.8. The molecule has 1 aliphatic heterocycles. The van der Waals surface area contributed by atoms with Crippen LogP contribution in [-0.4, -0.2) is 42.4 Å². The van der Waals surface area contributed by atoms with E-state index < -0.39 is 0 Å². The summed E-state index contributed by atoms with van der Waals surface area (Å²) in [6.07, 6.45) is 2.82. The average Bonchev–Trinajstić information content (AvgIpc) is 3.42. The molecule has 0 radical (unpaired) electrons. The Kier molecular flexibility index (Phi) is 4.67. The van der Waals surface area contributed by atoms with Crippen molar-refractivity contribution in [1.29, 1.82) is 0 Å². The lowest BCUT2D eigenvalue weighted by molar-refractivity contribution is 0.295. The number of aromatic amines is 1. The number of furan rings is 1. The second-order valence-corrected chi connectivity index (χ2v) is 6.56. The largest absolute Gasteiger partial charge is 0.497 e. The summed E-state index contributed by atoms with van der Waals surface area (Å²) in [4.78, 5) is 2.42. The summed E-state index contributed by atoms with van der Waals surface area (Å²) < 4.78 is 16.9. The van der Waals surface area contributed by atoms with Crippen LogP contribution in [0.4, 0.5) is 0 Å². The summed E-state index contributed by atoms with van der Waals surface area (Å²) in [5.41, 5.74) is 2.11. The van der Waals surface area contributed by atoms with Gasteiger partial charge < -0.3 is 13.9 Å². The zero-order chi connectivity index (χ0) is 17.9. The monoisotopic (exact) mass is 353 g/mol. The third kappa shape index (κ3) is 3.32. The number of benzene rings is 1. The van der Waals surface area contributed by atoms with Crippen LogP contribution in [-0.2, 0) is 6.54 Å². The Morgan fingerprint density at radius 3 is 2.88 bits per heavy atom. The molecule has 0 saturated carbocycles. The molecule has 2 aromatic heterocycles. The van der Waals surface area contributed by atoms with Crippen molar-refractivity contribution in [2.75, 3.05) is 27.3 Å². The lowest BCUT2D eigenvalue weighted by Crippen LogP contribution is -2.19. The van der Waals surface area contributed by atoms with Gasteiger partial charge in [-0.15, -0.1) is 0 Å². The van der Waals surface area contributed by atoms with Crippen LogP contribution in [0.15, 0.2) is 47.0 Å². The number of nitrogens with one attached hydrogen (secondary N) is 1. The highest BCUT2D eigenvalue weighted by molar-refractivity contribution is 5.51. The fraction of sp³-hybridized carbons (Fsp3) is 0.350. The lowest BCUT2D eigenvalue weighted by atomic mass is 9.97. The van der Waals surface area contributed by atoms with Gasteiger partial charge in [-0.25, -0.2) is 0 Å². The second-order valence-electron chi connectivity index (χ2n) is 6.56. The van der Waals surface area contributed by atoms with Gasteiger partial charge in [-0.3, -0.25) is 10.00 Å². The topological polar surface area (TPSA) is 63.5 Å². The third-order valence-electron chi connectivity index (χ3n) is 4.96. The highest BCUT2D eigenvalue weighted by Crippen LogP contribution is 2.36. The van der Waals surface area contributed by atoms with Gasteiger partial charge in [-0.2, -0.15) is 5.10 Å². The van der Waals surface area contributed by atoms with Gasteiger partial charge in [-0.1, -0.05) is 0 Å². The molecule has 1 fully saturated rings. The van der Waals surface area contributed by atoms with Crippen molar-refractivity contribution in [3.63, 3.8) is 0 Å². The van der Waals surface area contributed by atoms with Crippen molar-refractivity contribution in [2.24, 2.45) is 0 Å². The Morgan fingerprint density at radius 2 is 2.12 bits per heavy atom. The lowest BCUT2D eigenvalue weighted by Gasteiger charge is -2.17. The van der Waals surface area contributed by atoms with E-state index in [0.717, 1.165) is 54.8 Å². The van der Waals surface area contributed by atoms with Crippen molar-refractivity contribution in [3.05, 3.63) is 53.9 Å². The molecule has 0 bridgehead atoms. The fourth-order valence-corrected chi connectivity index (χ4v) is 3.61. The minimum Gasteiger partial charge on any atom is -0.497 e. The maximum absolute atomic E-state index is 5.95. The fourth-order valence-electron chi connectivity index (χ4n) is 3.61. The molecule has 3 aromatic rings. The molecule has 4 rings (SSSR count). The van der Waals surface area contributed by atoms with Crippen molar-refractivity contribution < 1.29 is 13.9 Å². The molecule has 0 aliphatic carbocycles. The van der Waals surface area contributed by atoms with Crippen molar-refractivity contribution >= 4 is 0 Å². The number of aromatic nitrogens is 2. The Hall–Kier alpha value is -2.73. The quantitative estimate of drug-likeness (QED) is 0.732. The molecular formula is C20H23N3O3. The van der Waals surface area contributed by atoms with Crippen LogP contribution in [0.1, 0.15) is 23.7 Å². The number of H-pyrrole nitrogens is 1. The molecule has 1 aromatic carbocycles. The highest BCUT2D eigenvalue weighted by Gasteiger charge is 2.27. The molecule has 6 nitrogen and oxygen atoms in total. The van der Waals surface area contributed by atoms with Crippen LogP contribution in [0.2, 0.25) is 0 Å². The van der Waals surface area contributed by atoms with E-state index in [1.807, 2.05) is 30.3 Å². The van der Waals surface area contributed by atoms with Gasteiger partial charge in [0.15, 0.2) is 5.76 Å². The van der Waals surface area contributed by atoms with Crippen molar-refractivity contribution in [1.82, 2.24) is 15.1 Å². The van der Waals surface area contributed by atoms with Gasteiger partial charge >= 0.3 is 0 Å². The minimum atomic E-state index is 0.432. The van der Waals surface area contributed by atoms with Crippen LogP contribution < -0.4 is 9.47 Å². The summed E-state index contributed by atoms with van der Waals surface area (Å²) in [6.45, 7) is 2.81. The molecule has 3 heterocycles. The van der Waals surface area contributed by atoms with E-state index in [4.69, 9.17) is 13.9 Å². The molecule has 0 spiro atoms. The Morgan fingerprint density at radius 1 is 1.19 bits per heavy atom. The maximum atomic E-state index is 5.95. The van der Waals surface area contributed by atoms with E-state index >= 15 is 0 Å².